The normalized spacial score (nSPS) is 10.9. The van der Waals surface area contributed by atoms with Gasteiger partial charge in [0.1, 0.15) is 11.0 Å². The third-order valence-electron chi connectivity index (χ3n) is 3.00. The third kappa shape index (κ3) is 2.73. The highest BCUT2D eigenvalue weighted by molar-refractivity contribution is 7.00. The molecular weight excluding hydrogens is 313 g/mol. The van der Waals surface area contributed by atoms with Crippen LogP contribution < -0.4 is 5.32 Å². The minimum absolute atomic E-state index is 0.535. The second-order valence-electron chi connectivity index (χ2n) is 4.34. The lowest BCUT2D eigenvalue weighted by Crippen LogP contribution is -2.05. The molecule has 0 unspecified atom stereocenters. The summed E-state index contributed by atoms with van der Waals surface area (Å²) in [4.78, 5) is 0. The van der Waals surface area contributed by atoms with Crippen LogP contribution in [0.2, 0.25) is 10.0 Å². The van der Waals surface area contributed by atoms with Gasteiger partial charge < -0.3 is 5.32 Å². The Hall–Kier alpha value is -1.36. The summed E-state index contributed by atoms with van der Waals surface area (Å²) in [6.45, 7) is 0.776. The summed E-state index contributed by atoms with van der Waals surface area (Å²) in [5.74, 6) is 0. The molecule has 0 saturated carbocycles. The van der Waals surface area contributed by atoms with E-state index in [2.05, 4.69) is 26.2 Å². The number of benzene rings is 2. The van der Waals surface area contributed by atoms with Gasteiger partial charge in [-0.15, -0.1) is 0 Å². The monoisotopic (exact) mass is 323 g/mol. The minimum Gasteiger partial charge on any atom is -0.382 e. The molecule has 3 aromatic rings. The summed E-state index contributed by atoms with van der Waals surface area (Å²) < 4.78 is 8.45. The summed E-state index contributed by atoms with van der Waals surface area (Å²) >= 11 is 13.5. The van der Waals surface area contributed by atoms with Gasteiger partial charge in [-0.05, 0) is 18.1 Å². The van der Waals surface area contributed by atoms with Gasteiger partial charge in [0.05, 0.1) is 27.5 Å². The Labute approximate surface area is 130 Å². The molecule has 0 saturated heterocycles. The molecule has 0 fully saturated rings. The number of anilines is 1. The van der Waals surface area contributed by atoms with E-state index in [9.17, 15) is 0 Å². The summed E-state index contributed by atoms with van der Waals surface area (Å²) in [6, 6.07) is 12.0. The van der Waals surface area contributed by atoms with Crippen molar-refractivity contribution in [2.24, 2.45) is 0 Å². The van der Waals surface area contributed by atoms with Crippen LogP contribution in [-0.2, 0) is 6.42 Å². The van der Waals surface area contributed by atoms with Gasteiger partial charge in [0.25, 0.3) is 0 Å². The highest BCUT2D eigenvalue weighted by Crippen LogP contribution is 2.35. The van der Waals surface area contributed by atoms with Crippen LogP contribution in [0, 0.1) is 0 Å². The van der Waals surface area contributed by atoms with Crippen molar-refractivity contribution in [1.82, 2.24) is 8.75 Å². The number of hydrogen-bond donors (Lipinski definition) is 1. The minimum atomic E-state index is 0.535. The van der Waals surface area contributed by atoms with Crippen LogP contribution in [0.4, 0.5) is 5.69 Å². The molecule has 3 nitrogen and oxygen atoms in total. The Balaban J connectivity index is 1.79. The van der Waals surface area contributed by atoms with Crippen molar-refractivity contribution in [2.75, 3.05) is 11.9 Å². The fourth-order valence-electron chi connectivity index (χ4n) is 2.02. The van der Waals surface area contributed by atoms with Gasteiger partial charge in [0.15, 0.2) is 0 Å². The SMILES string of the molecule is Clc1cc(Cl)c2nsnc2c1NCCc1ccccc1. The smallest absolute Gasteiger partial charge is 0.130 e. The van der Waals surface area contributed by atoms with Crippen molar-refractivity contribution in [3.8, 4) is 0 Å². The zero-order valence-corrected chi connectivity index (χ0v) is 12.8. The number of nitrogens with one attached hydrogen (secondary N) is 1. The number of aromatic nitrogens is 2. The van der Waals surface area contributed by atoms with E-state index in [1.165, 1.54) is 5.56 Å². The lowest BCUT2D eigenvalue weighted by Gasteiger charge is -2.09. The van der Waals surface area contributed by atoms with Gasteiger partial charge in [-0.1, -0.05) is 53.5 Å². The summed E-state index contributed by atoms with van der Waals surface area (Å²) in [5, 5.41) is 4.44. The molecule has 0 radical (unpaired) electrons. The molecule has 0 aliphatic rings. The van der Waals surface area contributed by atoms with Crippen molar-refractivity contribution >= 4 is 51.7 Å². The lowest BCUT2D eigenvalue weighted by molar-refractivity contribution is 1.02. The van der Waals surface area contributed by atoms with E-state index < -0.39 is 0 Å². The van der Waals surface area contributed by atoms with Crippen LogP contribution in [-0.4, -0.2) is 15.3 Å². The molecule has 2 aromatic carbocycles. The van der Waals surface area contributed by atoms with Crippen molar-refractivity contribution in [2.45, 2.75) is 6.42 Å². The first-order valence-corrected chi connectivity index (χ1v) is 7.62. The maximum absolute atomic E-state index is 6.24. The van der Waals surface area contributed by atoms with Crippen LogP contribution in [0.5, 0.6) is 0 Å². The van der Waals surface area contributed by atoms with Gasteiger partial charge in [-0.2, -0.15) is 8.75 Å². The van der Waals surface area contributed by atoms with E-state index >= 15 is 0 Å². The lowest BCUT2D eigenvalue weighted by atomic mass is 10.1. The van der Waals surface area contributed by atoms with E-state index in [1.54, 1.807) is 6.07 Å². The Morgan fingerprint density at radius 1 is 1.00 bits per heavy atom. The Morgan fingerprint density at radius 3 is 2.55 bits per heavy atom. The van der Waals surface area contributed by atoms with E-state index in [0.717, 1.165) is 35.9 Å². The quantitative estimate of drug-likeness (QED) is 0.759. The second-order valence-corrected chi connectivity index (χ2v) is 5.68. The first-order valence-electron chi connectivity index (χ1n) is 6.14. The Morgan fingerprint density at radius 2 is 1.75 bits per heavy atom. The predicted molar refractivity (Wildman–Crippen MR) is 86.1 cm³/mol. The van der Waals surface area contributed by atoms with Gasteiger partial charge in [0, 0.05) is 6.54 Å². The molecule has 1 N–H and O–H groups in total. The average molecular weight is 324 g/mol. The maximum Gasteiger partial charge on any atom is 0.130 e. The second kappa shape index (κ2) is 5.95. The van der Waals surface area contributed by atoms with E-state index in [1.807, 2.05) is 18.2 Å². The molecular formula is C14H11Cl2N3S. The third-order valence-corrected chi connectivity index (χ3v) is 4.12. The number of hydrogen-bond acceptors (Lipinski definition) is 4. The molecule has 1 aromatic heterocycles. The van der Waals surface area contributed by atoms with Crippen LogP contribution in [0.3, 0.4) is 0 Å². The molecule has 102 valence electrons. The highest BCUT2D eigenvalue weighted by Gasteiger charge is 2.13. The molecule has 0 bridgehead atoms. The predicted octanol–water partition coefficient (Wildman–Crippen LogP) is 4.65. The topological polar surface area (TPSA) is 37.8 Å². The molecule has 0 aliphatic carbocycles. The number of rotatable bonds is 4. The van der Waals surface area contributed by atoms with E-state index in [0.29, 0.717) is 15.6 Å². The first kappa shape index (κ1) is 13.6. The van der Waals surface area contributed by atoms with Gasteiger partial charge >= 0.3 is 0 Å². The molecule has 1 heterocycles. The number of fused-ring (bicyclic) bond motifs is 1. The Bertz CT molecular complexity index is 728. The van der Waals surface area contributed by atoms with Gasteiger partial charge in [0.2, 0.25) is 0 Å². The molecule has 0 amide bonds. The first-order chi connectivity index (χ1) is 9.75. The Kier molecular flexibility index (Phi) is 4.05. The van der Waals surface area contributed by atoms with Crippen molar-refractivity contribution in [1.29, 1.82) is 0 Å². The number of nitrogens with zero attached hydrogens (tertiary/aromatic N) is 2. The number of halogens is 2. The average Bonchev–Trinajstić information content (AvgIpc) is 2.93. The maximum atomic E-state index is 6.24. The molecule has 20 heavy (non-hydrogen) atoms. The molecule has 3 rings (SSSR count). The zero-order valence-electron chi connectivity index (χ0n) is 10.4. The standard InChI is InChI=1S/C14H11Cl2N3S/c15-10-8-11(16)13-14(19-20-18-13)12(10)17-7-6-9-4-2-1-3-5-9/h1-5,8,17H,6-7H2. The molecule has 6 heteroatoms. The molecule has 0 aliphatic heterocycles. The van der Waals surface area contributed by atoms with E-state index in [-0.39, 0.29) is 0 Å². The largest absolute Gasteiger partial charge is 0.382 e. The van der Waals surface area contributed by atoms with Crippen molar-refractivity contribution < 1.29 is 0 Å². The van der Waals surface area contributed by atoms with Crippen molar-refractivity contribution in [3.05, 3.63) is 52.0 Å². The summed E-state index contributed by atoms with van der Waals surface area (Å²) in [7, 11) is 0. The molecule has 0 spiro atoms. The van der Waals surface area contributed by atoms with Gasteiger partial charge in [-0.3, -0.25) is 0 Å². The van der Waals surface area contributed by atoms with Gasteiger partial charge in [-0.25, -0.2) is 0 Å². The van der Waals surface area contributed by atoms with Crippen LogP contribution in [0.25, 0.3) is 11.0 Å². The van der Waals surface area contributed by atoms with Crippen LogP contribution >= 0.6 is 34.9 Å². The summed E-state index contributed by atoms with van der Waals surface area (Å²) in [5.41, 5.74) is 3.51. The van der Waals surface area contributed by atoms with Crippen LogP contribution in [0.1, 0.15) is 5.56 Å². The zero-order chi connectivity index (χ0) is 13.9. The van der Waals surface area contributed by atoms with Crippen LogP contribution in [0.15, 0.2) is 36.4 Å². The summed E-state index contributed by atoms with van der Waals surface area (Å²) in [6.07, 6.45) is 0.916. The fourth-order valence-corrected chi connectivity index (χ4v) is 3.20. The molecule has 0 atom stereocenters. The van der Waals surface area contributed by atoms with E-state index in [4.69, 9.17) is 23.2 Å². The fraction of sp³-hybridized carbons (Fsp3) is 0.143. The highest BCUT2D eigenvalue weighted by atomic mass is 35.5. The van der Waals surface area contributed by atoms with Crippen molar-refractivity contribution in [3.63, 3.8) is 0 Å².